The smallest absolute Gasteiger partial charge is 0.0543 e. The highest BCUT2D eigenvalue weighted by Crippen LogP contribution is 2.21. The van der Waals surface area contributed by atoms with Crippen molar-refractivity contribution in [1.82, 2.24) is 5.32 Å². The van der Waals surface area contributed by atoms with Crippen LogP contribution in [0.5, 0.6) is 0 Å². The second-order valence-corrected chi connectivity index (χ2v) is 4.58. The van der Waals surface area contributed by atoms with Crippen LogP contribution in [0.4, 0.5) is 0 Å². The van der Waals surface area contributed by atoms with E-state index < -0.39 is 0 Å². The Morgan fingerprint density at radius 2 is 2.00 bits per heavy atom. The standard InChI is InChI=1S/C14H22ClNO/c1-3-17-11-7-10-16-14(2,12-15)13-8-5-4-6-9-13/h4-6,8-9,16H,3,7,10-12H2,1-2H3. The van der Waals surface area contributed by atoms with E-state index in [1.54, 1.807) is 0 Å². The molecule has 0 aromatic heterocycles. The van der Waals surface area contributed by atoms with Gasteiger partial charge in [0.2, 0.25) is 0 Å². The Kier molecular flexibility index (Phi) is 6.56. The number of hydrogen-bond acceptors (Lipinski definition) is 2. The van der Waals surface area contributed by atoms with Gasteiger partial charge in [0.25, 0.3) is 0 Å². The lowest BCUT2D eigenvalue weighted by Gasteiger charge is -2.29. The van der Waals surface area contributed by atoms with E-state index in [0.717, 1.165) is 26.2 Å². The molecule has 0 spiro atoms. The van der Waals surface area contributed by atoms with E-state index in [2.05, 4.69) is 24.4 Å². The van der Waals surface area contributed by atoms with Gasteiger partial charge >= 0.3 is 0 Å². The van der Waals surface area contributed by atoms with Crippen molar-refractivity contribution in [3.63, 3.8) is 0 Å². The minimum absolute atomic E-state index is 0.158. The van der Waals surface area contributed by atoms with Crippen LogP contribution in [0.1, 0.15) is 25.8 Å². The van der Waals surface area contributed by atoms with Crippen molar-refractivity contribution < 1.29 is 4.74 Å². The Labute approximate surface area is 109 Å². The molecule has 0 bridgehead atoms. The summed E-state index contributed by atoms with van der Waals surface area (Å²) in [5, 5.41) is 3.51. The summed E-state index contributed by atoms with van der Waals surface area (Å²) in [6.07, 6.45) is 1.01. The van der Waals surface area contributed by atoms with Crippen LogP contribution in [0.15, 0.2) is 30.3 Å². The Morgan fingerprint density at radius 3 is 2.59 bits per heavy atom. The van der Waals surface area contributed by atoms with Crippen molar-refractivity contribution in [3.8, 4) is 0 Å². The van der Waals surface area contributed by atoms with Gasteiger partial charge in [-0.2, -0.15) is 0 Å². The Hall–Kier alpha value is -0.570. The number of ether oxygens (including phenoxy) is 1. The highest BCUT2D eigenvalue weighted by atomic mass is 35.5. The van der Waals surface area contributed by atoms with E-state index in [1.165, 1.54) is 5.56 Å². The van der Waals surface area contributed by atoms with Gasteiger partial charge in [0.1, 0.15) is 0 Å². The van der Waals surface area contributed by atoms with Crippen LogP contribution in [-0.2, 0) is 10.3 Å². The van der Waals surface area contributed by atoms with Gasteiger partial charge in [0.15, 0.2) is 0 Å². The molecular weight excluding hydrogens is 234 g/mol. The van der Waals surface area contributed by atoms with E-state index in [1.807, 2.05) is 25.1 Å². The van der Waals surface area contributed by atoms with Crippen molar-refractivity contribution in [2.24, 2.45) is 0 Å². The first kappa shape index (κ1) is 14.5. The van der Waals surface area contributed by atoms with Crippen molar-refractivity contribution in [2.75, 3.05) is 25.6 Å². The molecule has 1 aromatic carbocycles. The molecule has 17 heavy (non-hydrogen) atoms. The summed E-state index contributed by atoms with van der Waals surface area (Å²) >= 11 is 6.09. The molecule has 96 valence electrons. The first-order valence-corrected chi connectivity index (χ1v) is 6.70. The minimum Gasteiger partial charge on any atom is -0.382 e. The molecule has 0 heterocycles. The van der Waals surface area contributed by atoms with Crippen LogP contribution >= 0.6 is 11.6 Å². The molecule has 0 aliphatic heterocycles. The minimum atomic E-state index is -0.158. The van der Waals surface area contributed by atoms with E-state index in [0.29, 0.717) is 5.88 Å². The fourth-order valence-corrected chi connectivity index (χ4v) is 1.96. The molecular formula is C14H22ClNO. The fraction of sp³-hybridized carbons (Fsp3) is 0.571. The van der Waals surface area contributed by atoms with Gasteiger partial charge in [-0.25, -0.2) is 0 Å². The third kappa shape index (κ3) is 4.66. The maximum absolute atomic E-state index is 6.09. The molecule has 3 heteroatoms. The molecule has 1 unspecified atom stereocenters. The van der Waals surface area contributed by atoms with Gasteiger partial charge in [-0.3, -0.25) is 0 Å². The molecule has 1 aromatic rings. The fourth-order valence-electron chi connectivity index (χ4n) is 1.72. The summed E-state index contributed by atoms with van der Waals surface area (Å²) in [6.45, 7) is 6.65. The van der Waals surface area contributed by atoms with E-state index >= 15 is 0 Å². The van der Waals surface area contributed by atoms with Crippen molar-refractivity contribution >= 4 is 11.6 Å². The average molecular weight is 256 g/mol. The van der Waals surface area contributed by atoms with Crippen LogP contribution in [0, 0.1) is 0 Å². The SMILES string of the molecule is CCOCCCNC(C)(CCl)c1ccccc1. The lowest BCUT2D eigenvalue weighted by atomic mass is 9.94. The number of benzene rings is 1. The van der Waals surface area contributed by atoms with Gasteiger partial charge in [0.05, 0.1) is 5.54 Å². The predicted octanol–water partition coefficient (Wildman–Crippen LogP) is 3.16. The molecule has 0 amide bonds. The summed E-state index contributed by atoms with van der Waals surface area (Å²) in [4.78, 5) is 0. The van der Waals surface area contributed by atoms with Crippen molar-refractivity contribution in [3.05, 3.63) is 35.9 Å². The number of rotatable bonds is 8. The van der Waals surface area contributed by atoms with Gasteiger partial charge in [0, 0.05) is 19.1 Å². The molecule has 0 aliphatic rings. The predicted molar refractivity (Wildman–Crippen MR) is 73.6 cm³/mol. The zero-order chi connectivity index (χ0) is 12.6. The Morgan fingerprint density at radius 1 is 1.29 bits per heavy atom. The number of alkyl halides is 1. The van der Waals surface area contributed by atoms with Gasteiger partial charge < -0.3 is 10.1 Å². The molecule has 2 nitrogen and oxygen atoms in total. The number of hydrogen-bond donors (Lipinski definition) is 1. The molecule has 0 radical (unpaired) electrons. The highest BCUT2D eigenvalue weighted by Gasteiger charge is 2.24. The molecule has 0 fully saturated rings. The second-order valence-electron chi connectivity index (χ2n) is 4.31. The summed E-state index contributed by atoms with van der Waals surface area (Å²) in [5.41, 5.74) is 1.07. The van der Waals surface area contributed by atoms with E-state index in [4.69, 9.17) is 16.3 Å². The van der Waals surface area contributed by atoms with Gasteiger partial charge in [-0.05, 0) is 32.4 Å². The van der Waals surface area contributed by atoms with Crippen LogP contribution in [0.25, 0.3) is 0 Å². The maximum Gasteiger partial charge on any atom is 0.0543 e. The molecule has 0 aliphatic carbocycles. The van der Waals surface area contributed by atoms with Crippen LogP contribution in [0.3, 0.4) is 0 Å². The third-order valence-corrected chi connectivity index (χ3v) is 3.40. The number of nitrogens with one attached hydrogen (secondary N) is 1. The van der Waals surface area contributed by atoms with Crippen LogP contribution in [-0.4, -0.2) is 25.6 Å². The van der Waals surface area contributed by atoms with Gasteiger partial charge in [-0.1, -0.05) is 30.3 Å². The first-order chi connectivity index (χ1) is 8.23. The normalized spacial score (nSPS) is 14.5. The number of halogens is 1. The van der Waals surface area contributed by atoms with Crippen molar-refractivity contribution in [1.29, 1.82) is 0 Å². The summed E-state index contributed by atoms with van der Waals surface area (Å²) in [6, 6.07) is 10.3. The molecule has 0 saturated carbocycles. The average Bonchev–Trinajstić information content (AvgIpc) is 2.39. The Balaban J connectivity index is 2.46. The topological polar surface area (TPSA) is 21.3 Å². The molecule has 1 atom stereocenters. The summed E-state index contributed by atoms with van der Waals surface area (Å²) in [7, 11) is 0. The second kappa shape index (κ2) is 7.70. The lowest BCUT2D eigenvalue weighted by Crippen LogP contribution is -2.42. The largest absolute Gasteiger partial charge is 0.382 e. The lowest BCUT2D eigenvalue weighted by molar-refractivity contribution is 0.143. The monoisotopic (exact) mass is 255 g/mol. The maximum atomic E-state index is 6.09. The molecule has 0 saturated heterocycles. The summed E-state index contributed by atoms with van der Waals surface area (Å²) < 4.78 is 5.31. The zero-order valence-corrected chi connectivity index (χ0v) is 11.5. The molecule has 1 rings (SSSR count). The first-order valence-electron chi connectivity index (χ1n) is 6.17. The van der Waals surface area contributed by atoms with Crippen LogP contribution in [0.2, 0.25) is 0 Å². The highest BCUT2D eigenvalue weighted by molar-refractivity contribution is 6.18. The van der Waals surface area contributed by atoms with Crippen molar-refractivity contribution in [2.45, 2.75) is 25.8 Å². The van der Waals surface area contributed by atoms with E-state index in [9.17, 15) is 0 Å². The zero-order valence-electron chi connectivity index (χ0n) is 10.7. The molecule has 1 N–H and O–H groups in total. The third-order valence-electron chi connectivity index (χ3n) is 2.86. The quantitative estimate of drug-likeness (QED) is 0.569. The van der Waals surface area contributed by atoms with Crippen LogP contribution < -0.4 is 5.32 Å². The Bertz CT molecular complexity index is 304. The summed E-state index contributed by atoms with van der Waals surface area (Å²) in [5.74, 6) is 0.561. The van der Waals surface area contributed by atoms with E-state index in [-0.39, 0.29) is 5.54 Å². The van der Waals surface area contributed by atoms with Gasteiger partial charge in [-0.15, -0.1) is 11.6 Å².